The number of benzene rings is 1. The summed E-state index contributed by atoms with van der Waals surface area (Å²) in [6.45, 7) is 2.14. The molecule has 19 heavy (non-hydrogen) atoms. The first kappa shape index (κ1) is 13.9. The summed E-state index contributed by atoms with van der Waals surface area (Å²) >= 11 is 0. The van der Waals surface area contributed by atoms with Crippen molar-refractivity contribution in [2.75, 3.05) is 6.61 Å². The molecule has 4 heteroatoms. The summed E-state index contributed by atoms with van der Waals surface area (Å²) in [6.07, 6.45) is 3.29. The Bertz CT molecular complexity index is 413. The molecular weight excluding hydrogens is 244 g/mol. The van der Waals surface area contributed by atoms with Gasteiger partial charge in [0.2, 0.25) is 0 Å². The van der Waals surface area contributed by atoms with Gasteiger partial charge in [0.1, 0.15) is 11.9 Å². The number of hydrogen-bond donors (Lipinski definition) is 1. The van der Waals surface area contributed by atoms with E-state index in [4.69, 9.17) is 9.47 Å². The maximum absolute atomic E-state index is 11.5. The number of aliphatic hydroxyl groups excluding tert-OH is 1. The van der Waals surface area contributed by atoms with E-state index in [0.29, 0.717) is 17.9 Å². The van der Waals surface area contributed by atoms with Crippen molar-refractivity contribution >= 4 is 5.97 Å². The molecule has 2 unspecified atom stereocenters. The predicted molar refractivity (Wildman–Crippen MR) is 71.3 cm³/mol. The summed E-state index contributed by atoms with van der Waals surface area (Å²) < 4.78 is 10.7. The molecule has 2 atom stereocenters. The fourth-order valence-corrected chi connectivity index (χ4v) is 2.27. The molecule has 1 aliphatic carbocycles. The van der Waals surface area contributed by atoms with E-state index < -0.39 is 6.10 Å². The van der Waals surface area contributed by atoms with E-state index in [-0.39, 0.29) is 12.1 Å². The highest BCUT2D eigenvalue weighted by atomic mass is 16.5. The van der Waals surface area contributed by atoms with Gasteiger partial charge in [-0.2, -0.15) is 0 Å². The largest absolute Gasteiger partial charge is 0.488 e. The van der Waals surface area contributed by atoms with Crippen LogP contribution in [0.1, 0.15) is 43.0 Å². The number of rotatable bonds is 4. The first-order valence-corrected chi connectivity index (χ1v) is 6.82. The normalized spacial score (nSPS) is 22.8. The van der Waals surface area contributed by atoms with Crippen molar-refractivity contribution < 1.29 is 19.4 Å². The molecule has 1 aromatic carbocycles. The SMILES string of the molecule is CCOC(=O)c1ccc(OC2CCCCC2O)cc1. The van der Waals surface area contributed by atoms with E-state index >= 15 is 0 Å². The van der Waals surface area contributed by atoms with Crippen molar-refractivity contribution in [1.82, 2.24) is 0 Å². The van der Waals surface area contributed by atoms with E-state index in [0.717, 1.165) is 25.7 Å². The van der Waals surface area contributed by atoms with E-state index in [2.05, 4.69) is 0 Å². The molecule has 0 spiro atoms. The molecule has 1 fully saturated rings. The Morgan fingerprint density at radius 1 is 1.26 bits per heavy atom. The second kappa shape index (κ2) is 6.57. The number of carbonyl (C=O) groups excluding carboxylic acids is 1. The molecular formula is C15H20O4. The standard InChI is InChI=1S/C15H20O4/c1-2-18-15(17)11-7-9-12(10-8-11)19-14-6-4-3-5-13(14)16/h7-10,13-14,16H,2-6H2,1H3. The minimum Gasteiger partial charge on any atom is -0.488 e. The monoisotopic (exact) mass is 264 g/mol. The highest BCUT2D eigenvalue weighted by molar-refractivity contribution is 5.89. The van der Waals surface area contributed by atoms with E-state index in [1.807, 2.05) is 0 Å². The summed E-state index contributed by atoms with van der Waals surface area (Å²) in [7, 11) is 0. The Kier molecular flexibility index (Phi) is 4.80. The van der Waals surface area contributed by atoms with Gasteiger partial charge in [-0.25, -0.2) is 4.79 Å². The zero-order chi connectivity index (χ0) is 13.7. The lowest BCUT2D eigenvalue weighted by Gasteiger charge is -2.28. The number of esters is 1. The molecule has 104 valence electrons. The first-order valence-electron chi connectivity index (χ1n) is 6.82. The van der Waals surface area contributed by atoms with Crippen molar-refractivity contribution in [2.24, 2.45) is 0 Å². The third-order valence-corrected chi connectivity index (χ3v) is 3.32. The molecule has 2 rings (SSSR count). The Morgan fingerprint density at radius 2 is 1.95 bits per heavy atom. The zero-order valence-corrected chi connectivity index (χ0v) is 11.2. The van der Waals surface area contributed by atoms with Crippen molar-refractivity contribution in [2.45, 2.75) is 44.8 Å². The topological polar surface area (TPSA) is 55.8 Å². The summed E-state index contributed by atoms with van der Waals surface area (Å²) in [5.74, 6) is 0.353. The van der Waals surface area contributed by atoms with Crippen molar-refractivity contribution in [3.8, 4) is 5.75 Å². The van der Waals surface area contributed by atoms with Crippen LogP contribution in [-0.2, 0) is 4.74 Å². The van der Waals surface area contributed by atoms with Crippen LogP contribution < -0.4 is 4.74 Å². The molecule has 0 aliphatic heterocycles. The molecule has 1 aromatic rings. The van der Waals surface area contributed by atoms with Crippen LogP contribution >= 0.6 is 0 Å². The highest BCUT2D eigenvalue weighted by Crippen LogP contribution is 2.24. The fourth-order valence-electron chi connectivity index (χ4n) is 2.27. The third kappa shape index (κ3) is 3.70. The van der Waals surface area contributed by atoms with Gasteiger partial charge in [0, 0.05) is 0 Å². The molecule has 0 heterocycles. The van der Waals surface area contributed by atoms with Crippen LogP contribution in [0.4, 0.5) is 0 Å². The van der Waals surface area contributed by atoms with Gasteiger partial charge in [-0.05, 0) is 50.5 Å². The van der Waals surface area contributed by atoms with Gasteiger partial charge in [-0.15, -0.1) is 0 Å². The van der Waals surface area contributed by atoms with Crippen LogP contribution in [0.15, 0.2) is 24.3 Å². The third-order valence-electron chi connectivity index (χ3n) is 3.32. The lowest BCUT2D eigenvalue weighted by Crippen LogP contribution is -2.34. The quantitative estimate of drug-likeness (QED) is 0.849. The number of carbonyl (C=O) groups is 1. The number of hydrogen-bond acceptors (Lipinski definition) is 4. The molecule has 0 amide bonds. The van der Waals surface area contributed by atoms with Gasteiger partial charge in [0.25, 0.3) is 0 Å². The molecule has 0 aromatic heterocycles. The average molecular weight is 264 g/mol. The molecule has 0 radical (unpaired) electrons. The van der Waals surface area contributed by atoms with Crippen LogP contribution in [-0.4, -0.2) is 29.9 Å². The first-order chi connectivity index (χ1) is 9.20. The number of aliphatic hydroxyl groups is 1. The second-order valence-corrected chi connectivity index (χ2v) is 4.75. The highest BCUT2D eigenvalue weighted by Gasteiger charge is 2.24. The molecule has 4 nitrogen and oxygen atoms in total. The fraction of sp³-hybridized carbons (Fsp3) is 0.533. The predicted octanol–water partition coefficient (Wildman–Crippen LogP) is 2.55. The summed E-state index contributed by atoms with van der Waals surface area (Å²) in [5, 5.41) is 9.84. The maximum Gasteiger partial charge on any atom is 0.338 e. The van der Waals surface area contributed by atoms with Crippen LogP contribution in [0.25, 0.3) is 0 Å². The lowest BCUT2D eigenvalue weighted by molar-refractivity contribution is 0.00685. The summed E-state index contributed by atoms with van der Waals surface area (Å²) in [4.78, 5) is 11.5. The van der Waals surface area contributed by atoms with Gasteiger partial charge >= 0.3 is 5.97 Å². The molecule has 1 aliphatic rings. The maximum atomic E-state index is 11.5. The van der Waals surface area contributed by atoms with Crippen molar-refractivity contribution in [3.05, 3.63) is 29.8 Å². The van der Waals surface area contributed by atoms with E-state index in [1.165, 1.54) is 0 Å². The summed E-state index contributed by atoms with van der Waals surface area (Å²) in [6, 6.07) is 6.85. The molecule has 0 bridgehead atoms. The Balaban J connectivity index is 1.96. The van der Waals surface area contributed by atoms with Crippen LogP contribution in [0.3, 0.4) is 0 Å². The van der Waals surface area contributed by atoms with Crippen LogP contribution in [0.2, 0.25) is 0 Å². The van der Waals surface area contributed by atoms with Gasteiger partial charge in [0.15, 0.2) is 0 Å². The molecule has 1 saturated carbocycles. The van der Waals surface area contributed by atoms with Gasteiger partial charge in [-0.3, -0.25) is 0 Å². The van der Waals surface area contributed by atoms with Gasteiger partial charge in [-0.1, -0.05) is 6.42 Å². The minimum absolute atomic E-state index is 0.137. The average Bonchev–Trinajstić information content (AvgIpc) is 2.42. The Hall–Kier alpha value is -1.55. The van der Waals surface area contributed by atoms with Gasteiger partial charge in [0.05, 0.1) is 18.3 Å². The van der Waals surface area contributed by atoms with Crippen LogP contribution in [0, 0.1) is 0 Å². The smallest absolute Gasteiger partial charge is 0.338 e. The van der Waals surface area contributed by atoms with Gasteiger partial charge < -0.3 is 14.6 Å². The molecule has 0 saturated heterocycles. The summed E-state index contributed by atoms with van der Waals surface area (Å²) in [5.41, 5.74) is 0.512. The van der Waals surface area contributed by atoms with E-state index in [9.17, 15) is 9.90 Å². The van der Waals surface area contributed by atoms with Crippen LogP contribution in [0.5, 0.6) is 5.75 Å². The van der Waals surface area contributed by atoms with Crippen molar-refractivity contribution in [3.63, 3.8) is 0 Å². The molecule has 1 N–H and O–H groups in total. The lowest BCUT2D eigenvalue weighted by atomic mass is 9.95. The second-order valence-electron chi connectivity index (χ2n) is 4.75. The number of ether oxygens (including phenoxy) is 2. The Labute approximate surface area is 113 Å². The zero-order valence-electron chi connectivity index (χ0n) is 11.2. The minimum atomic E-state index is -0.390. The van der Waals surface area contributed by atoms with E-state index in [1.54, 1.807) is 31.2 Å². The Morgan fingerprint density at radius 3 is 2.58 bits per heavy atom. The van der Waals surface area contributed by atoms with Crippen molar-refractivity contribution in [1.29, 1.82) is 0 Å².